The van der Waals surface area contributed by atoms with Crippen LogP contribution in [-0.2, 0) is 14.3 Å². The molecule has 0 bridgehead atoms. The van der Waals surface area contributed by atoms with Crippen molar-refractivity contribution in [1.29, 1.82) is 0 Å². The molecule has 0 aromatic carbocycles. The molecule has 1 saturated heterocycles. The maximum Gasteiger partial charge on any atom is 0.305 e. The monoisotopic (exact) mass is 286 g/mol. The third kappa shape index (κ3) is 4.45. The number of hydrogen-bond acceptors (Lipinski definition) is 4. The Labute approximate surface area is 120 Å². The molecule has 0 radical (unpaired) electrons. The molecule has 0 aromatic heterocycles. The van der Waals surface area contributed by atoms with Crippen molar-refractivity contribution in [3.8, 4) is 0 Å². The normalized spacial score (nSPS) is 23.6. The van der Waals surface area contributed by atoms with Crippen molar-refractivity contribution >= 4 is 11.9 Å². The smallest absolute Gasteiger partial charge is 0.305 e. The number of ether oxygens (including phenoxy) is 1. The Bertz CT molecular complexity index is 335. The van der Waals surface area contributed by atoms with Crippen LogP contribution in [0.5, 0.6) is 0 Å². The average Bonchev–Trinajstić information content (AvgIpc) is 2.84. The minimum absolute atomic E-state index is 0.00708. The highest BCUT2D eigenvalue weighted by Gasteiger charge is 2.37. The van der Waals surface area contributed by atoms with Crippen LogP contribution in [0.3, 0.4) is 0 Å². The van der Waals surface area contributed by atoms with Crippen molar-refractivity contribution in [2.24, 2.45) is 5.92 Å². The summed E-state index contributed by atoms with van der Waals surface area (Å²) in [7, 11) is 0. The molecule has 6 nitrogen and oxygen atoms in total. The first-order valence-electron chi connectivity index (χ1n) is 7.34. The van der Waals surface area contributed by atoms with E-state index in [0.717, 1.165) is 13.0 Å². The Morgan fingerprint density at radius 2 is 2.10 bits per heavy atom. The van der Waals surface area contributed by atoms with Crippen LogP contribution in [-0.4, -0.2) is 60.3 Å². The maximum atomic E-state index is 12.6. The molecule has 3 unspecified atom stereocenters. The maximum absolute atomic E-state index is 12.6. The van der Waals surface area contributed by atoms with Gasteiger partial charge in [-0.05, 0) is 26.8 Å². The number of aliphatic carboxylic acids is 1. The Hall–Kier alpha value is -1.14. The van der Waals surface area contributed by atoms with E-state index in [1.807, 2.05) is 6.92 Å². The molecule has 20 heavy (non-hydrogen) atoms. The zero-order chi connectivity index (χ0) is 15.1. The molecular formula is C14H26N2O4. The Balaban J connectivity index is 2.66. The van der Waals surface area contributed by atoms with Gasteiger partial charge in [0.05, 0.1) is 25.6 Å². The quantitative estimate of drug-likeness (QED) is 0.687. The van der Waals surface area contributed by atoms with Gasteiger partial charge in [0.15, 0.2) is 0 Å². The number of rotatable bonds is 8. The molecule has 2 N–H and O–H groups in total. The van der Waals surface area contributed by atoms with E-state index in [-0.39, 0.29) is 30.3 Å². The molecule has 0 spiro atoms. The van der Waals surface area contributed by atoms with Crippen LogP contribution in [0, 0.1) is 5.92 Å². The molecule has 6 heteroatoms. The molecule has 1 amide bonds. The fourth-order valence-corrected chi connectivity index (χ4v) is 2.59. The standard InChI is InChI=1S/C14H26N2O4/c1-4-6-15-12-9-20-8-11(12)14(19)16(5-2)10(3)7-13(17)18/h10-12,15H,4-9H2,1-3H3,(H,17,18). The van der Waals surface area contributed by atoms with E-state index in [1.165, 1.54) is 0 Å². The van der Waals surface area contributed by atoms with Crippen LogP contribution in [0.15, 0.2) is 0 Å². The number of carbonyl (C=O) groups excluding carboxylic acids is 1. The zero-order valence-corrected chi connectivity index (χ0v) is 12.6. The molecule has 1 heterocycles. The summed E-state index contributed by atoms with van der Waals surface area (Å²) >= 11 is 0. The van der Waals surface area contributed by atoms with Gasteiger partial charge in [-0.2, -0.15) is 0 Å². The first-order chi connectivity index (χ1) is 9.51. The molecule has 0 aromatic rings. The van der Waals surface area contributed by atoms with Gasteiger partial charge in [-0.15, -0.1) is 0 Å². The number of carboxylic acid groups (broad SMARTS) is 1. The number of amides is 1. The lowest BCUT2D eigenvalue weighted by Gasteiger charge is -2.31. The van der Waals surface area contributed by atoms with Crippen molar-refractivity contribution in [2.45, 2.75) is 45.7 Å². The van der Waals surface area contributed by atoms with E-state index in [0.29, 0.717) is 19.8 Å². The topological polar surface area (TPSA) is 78.9 Å². The molecule has 0 saturated carbocycles. The number of hydrogen-bond donors (Lipinski definition) is 2. The lowest BCUT2D eigenvalue weighted by atomic mass is 10.0. The third-order valence-electron chi connectivity index (χ3n) is 3.68. The predicted molar refractivity (Wildman–Crippen MR) is 75.5 cm³/mol. The van der Waals surface area contributed by atoms with Gasteiger partial charge in [0, 0.05) is 18.6 Å². The molecule has 1 rings (SSSR count). The lowest BCUT2D eigenvalue weighted by molar-refractivity contribution is -0.142. The van der Waals surface area contributed by atoms with Crippen LogP contribution in [0.25, 0.3) is 0 Å². The summed E-state index contributed by atoms with van der Waals surface area (Å²) in [6, 6.07) is -0.258. The van der Waals surface area contributed by atoms with E-state index >= 15 is 0 Å². The molecule has 1 aliphatic rings. The summed E-state index contributed by atoms with van der Waals surface area (Å²) in [5.41, 5.74) is 0. The highest BCUT2D eigenvalue weighted by atomic mass is 16.5. The lowest BCUT2D eigenvalue weighted by Crippen LogP contribution is -2.49. The Kier molecular flexibility index (Phi) is 6.95. The summed E-state index contributed by atoms with van der Waals surface area (Å²) in [5.74, 6) is -1.10. The summed E-state index contributed by atoms with van der Waals surface area (Å²) in [5, 5.41) is 12.2. The van der Waals surface area contributed by atoms with Crippen molar-refractivity contribution < 1.29 is 19.4 Å². The van der Waals surface area contributed by atoms with E-state index < -0.39 is 5.97 Å². The average molecular weight is 286 g/mol. The van der Waals surface area contributed by atoms with Gasteiger partial charge in [0.2, 0.25) is 5.91 Å². The molecule has 116 valence electrons. The van der Waals surface area contributed by atoms with Crippen molar-refractivity contribution in [3.63, 3.8) is 0 Å². The van der Waals surface area contributed by atoms with Gasteiger partial charge in [-0.25, -0.2) is 0 Å². The highest BCUT2D eigenvalue weighted by Crippen LogP contribution is 2.19. The minimum atomic E-state index is -0.882. The second kappa shape index (κ2) is 8.21. The van der Waals surface area contributed by atoms with E-state index in [1.54, 1.807) is 11.8 Å². The number of nitrogens with zero attached hydrogens (tertiary/aromatic N) is 1. The number of nitrogens with one attached hydrogen (secondary N) is 1. The van der Waals surface area contributed by atoms with E-state index in [4.69, 9.17) is 9.84 Å². The van der Waals surface area contributed by atoms with Gasteiger partial charge in [-0.1, -0.05) is 6.92 Å². The van der Waals surface area contributed by atoms with Crippen LogP contribution in [0.2, 0.25) is 0 Å². The number of carboxylic acids is 1. The van der Waals surface area contributed by atoms with Gasteiger partial charge >= 0.3 is 5.97 Å². The van der Waals surface area contributed by atoms with Crippen LogP contribution >= 0.6 is 0 Å². The van der Waals surface area contributed by atoms with Crippen LogP contribution < -0.4 is 5.32 Å². The predicted octanol–water partition coefficient (Wildman–Crippen LogP) is 0.713. The molecule has 0 aliphatic carbocycles. The number of carbonyl (C=O) groups is 2. The zero-order valence-electron chi connectivity index (χ0n) is 12.6. The second-order valence-electron chi connectivity index (χ2n) is 5.28. The third-order valence-corrected chi connectivity index (χ3v) is 3.68. The first-order valence-corrected chi connectivity index (χ1v) is 7.34. The van der Waals surface area contributed by atoms with Crippen molar-refractivity contribution in [2.75, 3.05) is 26.3 Å². The molecule has 1 fully saturated rings. The second-order valence-corrected chi connectivity index (χ2v) is 5.28. The van der Waals surface area contributed by atoms with E-state index in [2.05, 4.69) is 12.2 Å². The van der Waals surface area contributed by atoms with Crippen molar-refractivity contribution in [1.82, 2.24) is 10.2 Å². The van der Waals surface area contributed by atoms with E-state index in [9.17, 15) is 9.59 Å². The Morgan fingerprint density at radius 3 is 2.65 bits per heavy atom. The summed E-state index contributed by atoms with van der Waals surface area (Å²) in [6.45, 7) is 8.06. The van der Waals surface area contributed by atoms with Gasteiger partial charge in [0.25, 0.3) is 0 Å². The van der Waals surface area contributed by atoms with Gasteiger partial charge < -0.3 is 20.1 Å². The summed E-state index contributed by atoms with van der Waals surface area (Å²) in [4.78, 5) is 25.0. The first kappa shape index (κ1) is 16.9. The summed E-state index contributed by atoms with van der Waals surface area (Å²) < 4.78 is 5.42. The van der Waals surface area contributed by atoms with Gasteiger partial charge in [0.1, 0.15) is 0 Å². The minimum Gasteiger partial charge on any atom is -0.481 e. The molecular weight excluding hydrogens is 260 g/mol. The fourth-order valence-electron chi connectivity index (χ4n) is 2.59. The van der Waals surface area contributed by atoms with Gasteiger partial charge in [-0.3, -0.25) is 9.59 Å². The van der Waals surface area contributed by atoms with Crippen molar-refractivity contribution in [3.05, 3.63) is 0 Å². The fraction of sp³-hybridized carbons (Fsp3) is 0.857. The SMILES string of the molecule is CCCNC1COCC1C(=O)N(CC)C(C)CC(=O)O. The molecule has 1 aliphatic heterocycles. The summed E-state index contributed by atoms with van der Waals surface area (Å²) in [6.07, 6.45) is 0.977. The van der Waals surface area contributed by atoms with Crippen LogP contribution in [0.4, 0.5) is 0 Å². The Morgan fingerprint density at radius 1 is 1.40 bits per heavy atom. The molecule has 3 atom stereocenters. The largest absolute Gasteiger partial charge is 0.481 e. The van der Waals surface area contributed by atoms with Crippen LogP contribution in [0.1, 0.15) is 33.6 Å². The highest BCUT2D eigenvalue weighted by molar-refractivity contribution is 5.81.